The van der Waals surface area contributed by atoms with Crippen molar-refractivity contribution in [3.63, 3.8) is 0 Å². The van der Waals surface area contributed by atoms with Crippen molar-refractivity contribution in [1.29, 1.82) is 0 Å². The van der Waals surface area contributed by atoms with Crippen LogP contribution in [0.15, 0.2) is 231 Å². The molecule has 10 rings (SSSR count). The zero-order valence-electron chi connectivity index (χ0n) is 58.3. The number of alkyl halides is 9. The van der Waals surface area contributed by atoms with Gasteiger partial charge in [-0.05, 0) is 217 Å². The van der Waals surface area contributed by atoms with Gasteiger partial charge in [0, 0.05) is 15.1 Å². The Balaban J connectivity index is 0.000000562. The van der Waals surface area contributed by atoms with Gasteiger partial charge in [-0.25, -0.2) is 17.6 Å². The van der Waals surface area contributed by atoms with Gasteiger partial charge in [-0.3, -0.25) is 0 Å². The van der Waals surface area contributed by atoms with Crippen molar-refractivity contribution in [2.24, 2.45) is 0 Å². The van der Waals surface area contributed by atoms with Gasteiger partial charge in [0.25, 0.3) is 0 Å². The fourth-order valence-corrected chi connectivity index (χ4v) is 9.25. The standard InChI is InChI=1S/3C9H9F3.C8H8Cl2.3C8H9Cl.C8H8F2.2C8H9F/c1-2-7-3-5-8(6-4-7)9(10,11)12;1-2-7-4-3-5-8(6-7)9(10,11)12;1-2-7-5-3-4-6-8(7)9(10,11)12;1-2-6-3-4-7(9)8(10)5-6;1-2-7-3-5-8(9)6-4-7;1-2-7-4-3-5-8(9)6-7;1-2-7-5-3-4-6-8(7)9;1-2-6-3-4-7(9)8(10)5-6;1-2-7-4-3-5-8(9)6-7;1-2-7-5-3-4-6-8(7)9/h3*3-6H,2H2,1H3;3-5H,2H2,1H3;3*3-6H,2H2,1H3;3-5H,2H2,1H3;2*3-6H,2H2,1H3. The smallest absolute Gasteiger partial charge is 0.207 e. The van der Waals surface area contributed by atoms with Crippen LogP contribution in [0.3, 0.4) is 0 Å². The Hall–Kier alpha value is -7.26. The first-order chi connectivity index (χ1) is 47.8. The van der Waals surface area contributed by atoms with E-state index in [2.05, 4.69) is 33.8 Å². The molecule has 0 amide bonds. The van der Waals surface area contributed by atoms with E-state index in [1.807, 2.05) is 132 Å². The summed E-state index contributed by atoms with van der Waals surface area (Å²) in [5, 5.41) is 3.78. The highest BCUT2D eigenvalue weighted by Gasteiger charge is 2.33. The van der Waals surface area contributed by atoms with Crippen LogP contribution in [-0.4, -0.2) is 0 Å². The first-order valence-corrected chi connectivity index (χ1v) is 34.7. The maximum Gasteiger partial charge on any atom is 0.416 e. The van der Waals surface area contributed by atoms with Crippen molar-refractivity contribution >= 4 is 58.0 Å². The highest BCUT2D eigenvalue weighted by Crippen LogP contribution is 2.33. The van der Waals surface area contributed by atoms with Gasteiger partial charge in [-0.2, -0.15) is 39.5 Å². The summed E-state index contributed by atoms with van der Waals surface area (Å²) in [5.74, 6) is -1.79. The van der Waals surface area contributed by atoms with Crippen LogP contribution in [0, 0.1) is 23.3 Å². The van der Waals surface area contributed by atoms with Gasteiger partial charge in [-0.1, -0.05) is 261 Å². The molecular formula is C83H88Cl5F13. The van der Waals surface area contributed by atoms with E-state index in [0.717, 1.165) is 119 Å². The molecule has 0 aliphatic rings. The van der Waals surface area contributed by atoms with Crippen LogP contribution in [0.2, 0.25) is 25.1 Å². The Labute approximate surface area is 614 Å². The molecule has 0 bridgehead atoms. The van der Waals surface area contributed by atoms with Crippen molar-refractivity contribution in [2.45, 2.75) is 152 Å². The Morgan fingerprint density at radius 3 is 1.04 bits per heavy atom. The molecule has 0 saturated heterocycles. The lowest BCUT2D eigenvalue weighted by Crippen LogP contribution is -2.08. The van der Waals surface area contributed by atoms with E-state index in [1.165, 1.54) is 76.9 Å². The highest BCUT2D eigenvalue weighted by molar-refractivity contribution is 6.42. The molecule has 0 fully saturated rings. The molecule has 0 aliphatic carbocycles. The fraction of sp³-hybridized carbons (Fsp3) is 0.277. The fourth-order valence-electron chi connectivity index (χ4n) is 8.33. The van der Waals surface area contributed by atoms with E-state index in [-0.39, 0.29) is 11.6 Å². The zero-order chi connectivity index (χ0) is 76.1. The van der Waals surface area contributed by atoms with Crippen molar-refractivity contribution < 1.29 is 57.1 Å². The second kappa shape index (κ2) is 50.2. The molecule has 0 atom stereocenters. The lowest BCUT2D eigenvalue weighted by molar-refractivity contribution is -0.138. The van der Waals surface area contributed by atoms with E-state index < -0.39 is 46.9 Å². The first kappa shape index (κ1) is 91.8. The number of hydrogen-bond acceptors (Lipinski definition) is 0. The summed E-state index contributed by atoms with van der Waals surface area (Å²) in [7, 11) is 0. The van der Waals surface area contributed by atoms with Gasteiger partial charge in [-0.15, -0.1) is 0 Å². The first-order valence-electron chi connectivity index (χ1n) is 32.8. The molecule has 0 unspecified atom stereocenters. The SMILES string of the molecule is CCc1ccc(C(F)(F)F)cc1.CCc1ccc(Cl)c(Cl)c1.CCc1ccc(Cl)cc1.CCc1ccc(F)c(F)c1.CCc1cccc(C(F)(F)F)c1.CCc1cccc(Cl)c1.CCc1cccc(F)c1.CCc1ccccc1C(F)(F)F.CCc1ccccc1Cl.CCc1ccccc1F. The maximum atomic E-state index is 12.6. The average Bonchev–Trinajstić information content (AvgIpc) is 0.862. The van der Waals surface area contributed by atoms with Crippen molar-refractivity contribution in [1.82, 2.24) is 0 Å². The van der Waals surface area contributed by atoms with Crippen LogP contribution < -0.4 is 0 Å². The molecule has 101 heavy (non-hydrogen) atoms. The van der Waals surface area contributed by atoms with Crippen LogP contribution in [0.5, 0.6) is 0 Å². The minimum absolute atomic E-state index is 0.0972. The molecule has 0 N–H and O–H groups in total. The lowest BCUT2D eigenvalue weighted by atomic mass is 10.1. The second-order valence-electron chi connectivity index (χ2n) is 21.6. The number of rotatable bonds is 10. The molecule has 0 spiro atoms. The van der Waals surface area contributed by atoms with Gasteiger partial charge >= 0.3 is 18.5 Å². The third kappa shape index (κ3) is 39.1. The van der Waals surface area contributed by atoms with Crippen LogP contribution in [0.25, 0.3) is 0 Å². The Morgan fingerprint density at radius 1 is 0.238 bits per heavy atom. The predicted octanol–water partition coefficient (Wildman–Crippen LogP) is 29.4. The highest BCUT2D eigenvalue weighted by atomic mass is 35.5. The number of benzene rings is 10. The van der Waals surface area contributed by atoms with Gasteiger partial charge in [0.1, 0.15) is 11.6 Å². The van der Waals surface area contributed by atoms with Crippen LogP contribution in [0.4, 0.5) is 57.1 Å². The molecule has 546 valence electrons. The van der Waals surface area contributed by atoms with Crippen molar-refractivity contribution in [3.05, 3.63) is 351 Å². The van der Waals surface area contributed by atoms with E-state index in [0.29, 0.717) is 34.0 Å². The topological polar surface area (TPSA) is 0 Å². The molecular weight excluding hydrogens is 1420 g/mol. The summed E-state index contributed by atoms with van der Waals surface area (Å²) in [6, 6.07) is 63.1. The van der Waals surface area contributed by atoms with Crippen LogP contribution in [-0.2, 0) is 82.7 Å². The summed E-state index contributed by atoms with van der Waals surface area (Å²) < 4.78 is 159. The Morgan fingerprint density at radius 2 is 0.644 bits per heavy atom. The van der Waals surface area contributed by atoms with Gasteiger partial charge in [0.05, 0.1) is 26.7 Å². The minimum Gasteiger partial charge on any atom is -0.207 e. The minimum atomic E-state index is -4.22. The summed E-state index contributed by atoms with van der Waals surface area (Å²) in [4.78, 5) is 0. The second-order valence-corrected chi connectivity index (χ2v) is 23.7. The number of hydrogen-bond donors (Lipinski definition) is 0. The molecule has 10 aromatic rings. The van der Waals surface area contributed by atoms with Gasteiger partial charge in [0.15, 0.2) is 11.6 Å². The largest absolute Gasteiger partial charge is 0.416 e. The van der Waals surface area contributed by atoms with E-state index in [9.17, 15) is 57.1 Å². The monoisotopic (exact) mass is 1510 g/mol. The summed E-state index contributed by atoms with van der Waals surface area (Å²) in [6.07, 6.45) is -4.29. The molecule has 0 heterocycles. The van der Waals surface area contributed by atoms with Crippen LogP contribution in [0.1, 0.15) is 142 Å². The average molecular weight is 1510 g/mol. The van der Waals surface area contributed by atoms with Crippen molar-refractivity contribution in [3.8, 4) is 0 Å². The maximum absolute atomic E-state index is 12.6. The van der Waals surface area contributed by atoms with Gasteiger partial charge in [0.2, 0.25) is 0 Å². The van der Waals surface area contributed by atoms with Gasteiger partial charge < -0.3 is 0 Å². The lowest BCUT2D eigenvalue weighted by Gasteiger charge is -2.10. The molecule has 0 aliphatic heterocycles. The number of aryl methyl sites for hydroxylation is 10. The number of halogens is 18. The Bertz CT molecular complexity index is 3720. The molecule has 10 aromatic carbocycles. The molecule has 18 heteroatoms. The third-order valence-corrected chi connectivity index (χ3v) is 16.0. The third-order valence-electron chi connectivity index (χ3n) is 14.4. The molecule has 0 aromatic heterocycles. The summed E-state index contributed by atoms with van der Waals surface area (Å²) >= 11 is 28.7. The Kier molecular flexibility index (Phi) is 45.6. The van der Waals surface area contributed by atoms with E-state index in [1.54, 1.807) is 49.4 Å². The van der Waals surface area contributed by atoms with E-state index >= 15 is 0 Å². The van der Waals surface area contributed by atoms with Crippen LogP contribution >= 0.6 is 58.0 Å². The summed E-state index contributed by atoms with van der Waals surface area (Å²) in [5.41, 5.74) is 8.04. The predicted molar refractivity (Wildman–Crippen MR) is 398 cm³/mol. The quantitative estimate of drug-likeness (QED) is 0.120. The molecule has 0 saturated carbocycles. The zero-order valence-corrected chi connectivity index (χ0v) is 62.1. The van der Waals surface area contributed by atoms with E-state index in [4.69, 9.17) is 58.0 Å². The molecule has 0 radical (unpaired) electrons. The molecule has 0 nitrogen and oxygen atoms in total. The van der Waals surface area contributed by atoms with Crippen molar-refractivity contribution in [2.75, 3.05) is 0 Å². The summed E-state index contributed by atoms with van der Waals surface area (Å²) in [6.45, 7) is 19.7. The normalized spacial score (nSPS) is 10.4.